The summed E-state index contributed by atoms with van der Waals surface area (Å²) in [7, 11) is 1.71. The monoisotopic (exact) mass is 206 g/mol. The number of hydrogen-bond donors (Lipinski definition) is 1. The lowest BCUT2D eigenvalue weighted by Crippen LogP contribution is -2.09. The van der Waals surface area contributed by atoms with Crippen LogP contribution < -0.4 is 5.32 Å². The molecule has 0 amide bonds. The molecule has 4 heteroatoms. The highest BCUT2D eigenvalue weighted by molar-refractivity contribution is 5.95. The van der Waals surface area contributed by atoms with Gasteiger partial charge in [-0.25, -0.2) is 9.78 Å². The van der Waals surface area contributed by atoms with Gasteiger partial charge in [-0.15, -0.1) is 0 Å². The van der Waals surface area contributed by atoms with Gasteiger partial charge in [-0.2, -0.15) is 0 Å². The van der Waals surface area contributed by atoms with Crippen molar-refractivity contribution in [3.63, 3.8) is 0 Å². The van der Waals surface area contributed by atoms with Crippen LogP contribution >= 0.6 is 0 Å². The maximum Gasteiger partial charge on any atom is 0.341 e. The molecule has 0 aliphatic heterocycles. The lowest BCUT2D eigenvalue weighted by molar-refractivity contribution is 0.0527. The van der Waals surface area contributed by atoms with Crippen LogP contribution in [0.4, 0.5) is 5.82 Å². The molecule has 1 rings (SSSR count). The van der Waals surface area contributed by atoms with Crippen LogP contribution in [0.5, 0.6) is 0 Å². The Morgan fingerprint density at radius 1 is 1.73 bits per heavy atom. The SMILES string of the molecule is C=Cc1cnc(NC)c(C(=O)OCC)c1. The largest absolute Gasteiger partial charge is 0.462 e. The van der Waals surface area contributed by atoms with E-state index in [9.17, 15) is 4.79 Å². The third kappa shape index (κ3) is 2.56. The summed E-state index contributed by atoms with van der Waals surface area (Å²) < 4.78 is 4.92. The molecule has 0 bridgehead atoms. The third-order valence-electron chi connectivity index (χ3n) is 1.88. The Labute approximate surface area is 89.0 Å². The maximum atomic E-state index is 11.6. The van der Waals surface area contributed by atoms with Crippen LogP contribution in [0.15, 0.2) is 18.8 Å². The molecule has 80 valence electrons. The summed E-state index contributed by atoms with van der Waals surface area (Å²) in [5.41, 5.74) is 1.22. The van der Waals surface area contributed by atoms with Gasteiger partial charge in [0.15, 0.2) is 0 Å². The number of anilines is 1. The molecule has 1 aromatic rings. The fourth-order valence-electron chi connectivity index (χ4n) is 1.16. The van der Waals surface area contributed by atoms with Crippen LogP contribution in [-0.2, 0) is 4.74 Å². The smallest absolute Gasteiger partial charge is 0.341 e. The molecule has 0 atom stereocenters. The number of nitrogens with zero attached hydrogens (tertiary/aromatic N) is 1. The zero-order valence-corrected chi connectivity index (χ0v) is 8.91. The quantitative estimate of drug-likeness (QED) is 0.765. The van der Waals surface area contributed by atoms with Gasteiger partial charge < -0.3 is 10.1 Å². The summed E-state index contributed by atoms with van der Waals surface area (Å²) >= 11 is 0. The molecule has 0 saturated heterocycles. The number of nitrogens with one attached hydrogen (secondary N) is 1. The van der Waals surface area contributed by atoms with E-state index >= 15 is 0 Å². The second kappa shape index (κ2) is 5.14. The van der Waals surface area contributed by atoms with E-state index < -0.39 is 0 Å². The minimum atomic E-state index is -0.377. The number of rotatable bonds is 4. The zero-order chi connectivity index (χ0) is 11.3. The first-order chi connectivity index (χ1) is 7.22. The number of carbonyl (C=O) groups excluding carboxylic acids is 1. The predicted octanol–water partition coefficient (Wildman–Crippen LogP) is 1.94. The highest BCUT2D eigenvalue weighted by Crippen LogP contribution is 2.15. The Bertz CT molecular complexity index is 375. The number of ether oxygens (including phenoxy) is 1. The lowest BCUT2D eigenvalue weighted by Gasteiger charge is -2.07. The molecule has 0 aromatic carbocycles. The molecule has 0 unspecified atom stereocenters. The van der Waals surface area contributed by atoms with Crippen LogP contribution in [0.2, 0.25) is 0 Å². The van der Waals surface area contributed by atoms with Gasteiger partial charge in [-0.1, -0.05) is 12.7 Å². The van der Waals surface area contributed by atoms with Gasteiger partial charge in [0.25, 0.3) is 0 Å². The first-order valence-electron chi connectivity index (χ1n) is 4.70. The van der Waals surface area contributed by atoms with Crippen molar-refractivity contribution in [1.29, 1.82) is 0 Å². The summed E-state index contributed by atoms with van der Waals surface area (Å²) in [5, 5.41) is 2.84. The lowest BCUT2D eigenvalue weighted by atomic mass is 10.2. The average molecular weight is 206 g/mol. The first-order valence-corrected chi connectivity index (χ1v) is 4.70. The molecular weight excluding hydrogens is 192 g/mol. The number of esters is 1. The minimum Gasteiger partial charge on any atom is -0.462 e. The Morgan fingerprint density at radius 2 is 2.47 bits per heavy atom. The van der Waals surface area contributed by atoms with E-state index in [4.69, 9.17) is 4.74 Å². The topological polar surface area (TPSA) is 51.2 Å². The summed E-state index contributed by atoms with van der Waals surface area (Å²) in [6, 6.07) is 1.70. The molecule has 4 nitrogen and oxygen atoms in total. The van der Waals surface area contributed by atoms with Crippen LogP contribution in [-0.4, -0.2) is 24.6 Å². The van der Waals surface area contributed by atoms with Crippen molar-refractivity contribution in [2.24, 2.45) is 0 Å². The highest BCUT2D eigenvalue weighted by atomic mass is 16.5. The summed E-state index contributed by atoms with van der Waals surface area (Å²) in [6.07, 6.45) is 3.27. The van der Waals surface area contributed by atoms with E-state index in [0.717, 1.165) is 5.56 Å². The molecule has 0 aliphatic carbocycles. The van der Waals surface area contributed by atoms with E-state index in [-0.39, 0.29) is 5.97 Å². The highest BCUT2D eigenvalue weighted by Gasteiger charge is 2.13. The molecule has 1 heterocycles. The van der Waals surface area contributed by atoms with Crippen molar-refractivity contribution >= 4 is 17.9 Å². The molecule has 15 heavy (non-hydrogen) atoms. The van der Waals surface area contributed by atoms with Gasteiger partial charge >= 0.3 is 5.97 Å². The van der Waals surface area contributed by atoms with Crippen molar-refractivity contribution in [1.82, 2.24) is 4.98 Å². The number of aromatic nitrogens is 1. The zero-order valence-electron chi connectivity index (χ0n) is 8.91. The van der Waals surface area contributed by atoms with Crippen molar-refractivity contribution in [3.05, 3.63) is 30.0 Å². The molecule has 1 N–H and O–H groups in total. The van der Waals surface area contributed by atoms with E-state index in [1.807, 2.05) is 0 Å². The van der Waals surface area contributed by atoms with Gasteiger partial charge in [-0.3, -0.25) is 0 Å². The predicted molar refractivity (Wildman–Crippen MR) is 59.8 cm³/mol. The average Bonchev–Trinajstić information content (AvgIpc) is 2.28. The Kier molecular flexibility index (Phi) is 3.85. The number of carbonyl (C=O) groups is 1. The van der Waals surface area contributed by atoms with Gasteiger partial charge in [0.2, 0.25) is 0 Å². The van der Waals surface area contributed by atoms with E-state index in [0.29, 0.717) is 18.0 Å². The van der Waals surface area contributed by atoms with Gasteiger partial charge in [0, 0.05) is 13.2 Å². The molecule has 0 aliphatic rings. The maximum absolute atomic E-state index is 11.6. The van der Waals surface area contributed by atoms with Crippen LogP contribution in [0.25, 0.3) is 6.08 Å². The Hall–Kier alpha value is -1.84. The van der Waals surface area contributed by atoms with Crippen LogP contribution in [0, 0.1) is 0 Å². The fraction of sp³-hybridized carbons (Fsp3) is 0.273. The summed E-state index contributed by atoms with van der Waals surface area (Å²) in [5.74, 6) is 0.136. The summed E-state index contributed by atoms with van der Waals surface area (Å²) in [6.45, 7) is 5.73. The first kappa shape index (κ1) is 11.2. The van der Waals surface area contributed by atoms with Gasteiger partial charge in [0.05, 0.1) is 6.61 Å². The van der Waals surface area contributed by atoms with Crippen molar-refractivity contribution < 1.29 is 9.53 Å². The molecule has 0 spiro atoms. The normalized spacial score (nSPS) is 9.47. The molecule has 0 fully saturated rings. The third-order valence-corrected chi connectivity index (χ3v) is 1.88. The molecule has 0 saturated carbocycles. The second-order valence-electron chi connectivity index (χ2n) is 2.84. The van der Waals surface area contributed by atoms with Crippen molar-refractivity contribution in [2.45, 2.75) is 6.92 Å². The number of hydrogen-bond acceptors (Lipinski definition) is 4. The van der Waals surface area contributed by atoms with Gasteiger partial charge in [0.1, 0.15) is 11.4 Å². The molecular formula is C11H14N2O2. The Morgan fingerprint density at radius 3 is 3.00 bits per heavy atom. The second-order valence-corrected chi connectivity index (χ2v) is 2.84. The standard InChI is InChI=1S/C11H14N2O2/c1-4-8-6-9(11(14)15-5-2)10(12-3)13-7-8/h4,6-7H,1,5H2,2-3H3,(H,12,13). The fourth-order valence-corrected chi connectivity index (χ4v) is 1.16. The van der Waals surface area contributed by atoms with E-state index in [1.54, 1.807) is 32.3 Å². The minimum absolute atomic E-state index is 0.348. The van der Waals surface area contributed by atoms with Crippen molar-refractivity contribution in [3.8, 4) is 0 Å². The van der Waals surface area contributed by atoms with Crippen LogP contribution in [0.1, 0.15) is 22.8 Å². The number of pyridine rings is 1. The summed E-state index contributed by atoms with van der Waals surface area (Å²) in [4.78, 5) is 15.6. The Balaban J connectivity index is 3.11. The van der Waals surface area contributed by atoms with Crippen LogP contribution in [0.3, 0.4) is 0 Å². The molecule has 0 radical (unpaired) electrons. The van der Waals surface area contributed by atoms with E-state index in [2.05, 4.69) is 16.9 Å². The molecule has 1 aromatic heterocycles. The van der Waals surface area contributed by atoms with Crippen molar-refractivity contribution in [2.75, 3.05) is 19.0 Å². The van der Waals surface area contributed by atoms with E-state index in [1.165, 1.54) is 0 Å². The van der Waals surface area contributed by atoms with Gasteiger partial charge in [-0.05, 0) is 18.6 Å².